The number of rotatable bonds is 1. The molecule has 0 atom stereocenters. The number of aryl methyl sites for hydroxylation is 1. The van der Waals surface area contributed by atoms with Gasteiger partial charge in [0.15, 0.2) is 0 Å². The minimum Gasteiger partial charge on any atom is -0.383 e. The van der Waals surface area contributed by atoms with Gasteiger partial charge < -0.3 is 5.73 Å². The van der Waals surface area contributed by atoms with Gasteiger partial charge in [0, 0.05) is 11.9 Å². The van der Waals surface area contributed by atoms with Crippen molar-refractivity contribution in [3.05, 3.63) is 42.5 Å². The molecule has 0 aliphatic rings. The average molecular weight is 225 g/mol. The normalized spacial score (nSPS) is 10.9. The van der Waals surface area contributed by atoms with Gasteiger partial charge in [-0.15, -0.1) is 0 Å². The maximum Gasteiger partial charge on any atom is 0.139 e. The molecular weight excluding hydrogens is 214 g/mol. The molecule has 84 valence electrons. The Kier molecular flexibility index (Phi) is 2.04. The summed E-state index contributed by atoms with van der Waals surface area (Å²) in [4.78, 5) is 12.5. The Morgan fingerprint density at radius 2 is 2.12 bits per heavy atom. The fourth-order valence-corrected chi connectivity index (χ4v) is 1.90. The number of nitrogens with two attached hydrogens (primary N) is 1. The van der Waals surface area contributed by atoms with Crippen LogP contribution in [0.25, 0.3) is 17.0 Å². The van der Waals surface area contributed by atoms with Gasteiger partial charge in [0.2, 0.25) is 0 Å². The zero-order valence-corrected chi connectivity index (χ0v) is 9.33. The summed E-state index contributed by atoms with van der Waals surface area (Å²) in [7, 11) is 0. The summed E-state index contributed by atoms with van der Waals surface area (Å²) >= 11 is 0. The van der Waals surface area contributed by atoms with E-state index in [0.717, 1.165) is 17.0 Å². The number of pyridine rings is 1. The van der Waals surface area contributed by atoms with E-state index in [9.17, 15) is 0 Å². The van der Waals surface area contributed by atoms with Crippen LogP contribution in [-0.2, 0) is 0 Å². The van der Waals surface area contributed by atoms with Crippen molar-refractivity contribution in [2.45, 2.75) is 6.92 Å². The molecule has 0 radical (unpaired) electrons. The van der Waals surface area contributed by atoms with Crippen LogP contribution in [0.1, 0.15) is 5.69 Å². The third-order valence-corrected chi connectivity index (χ3v) is 2.70. The van der Waals surface area contributed by atoms with Crippen molar-refractivity contribution in [1.29, 1.82) is 0 Å². The van der Waals surface area contributed by atoms with Gasteiger partial charge in [0.1, 0.15) is 23.5 Å². The third-order valence-electron chi connectivity index (χ3n) is 2.70. The highest BCUT2D eigenvalue weighted by atomic mass is 15.1. The van der Waals surface area contributed by atoms with Crippen molar-refractivity contribution in [3.63, 3.8) is 0 Å². The van der Waals surface area contributed by atoms with Crippen LogP contribution in [-0.4, -0.2) is 19.4 Å². The maximum atomic E-state index is 6.11. The Morgan fingerprint density at radius 3 is 2.82 bits per heavy atom. The van der Waals surface area contributed by atoms with Gasteiger partial charge in [-0.05, 0) is 25.1 Å². The number of fused-ring (bicyclic) bond motifs is 1. The summed E-state index contributed by atoms with van der Waals surface area (Å²) in [5.41, 5.74) is 9.42. The largest absolute Gasteiger partial charge is 0.383 e. The number of nitrogens with zero attached hydrogens (tertiary/aromatic N) is 4. The molecule has 5 heteroatoms. The number of imidazole rings is 1. The molecule has 0 aromatic carbocycles. The van der Waals surface area contributed by atoms with E-state index in [1.165, 1.54) is 6.33 Å². The molecule has 3 rings (SSSR count). The lowest BCUT2D eigenvalue weighted by Gasteiger charge is -2.01. The molecule has 0 aliphatic carbocycles. The molecule has 3 aromatic rings. The zero-order chi connectivity index (χ0) is 11.8. The van der Waals surface area contributed by atoms with E-state index in [0.29, 0.717) is 11.5 Å². The van der Waals surface area contributed by atoms with Crippen molar-refractivity contribution in [3.8, 4) is 11.4 Å². The van der Waals surface area contributed by atoms with Gasteiger partial charge in [-0.25, -0.2) is 15.0 Å². The zero-order valence-electron chi connectivity index (χ0n) is 9.33. The Labute approximate surface area is 98.0 Å². The molecule has 0 fully saturated rings. The molecule has 2 N–H and O–H groups in total. The minimum absolute atomic E-state index is 0.608. The quantitative estimate of drug-likeness (QED) is 0.684. The van der Waals surface area contributed by atoms with Gasteiger partial charge in [-0.1, -0.05) is 6.07 Å². The lowest BCUT2D eigenvalue weighted by molar-refractivity contribution is 1.10. The SMILES string of the molecule is Cc1cccc2nc(-c3ccncn3)c(N)n12. The van der Waals surface area contributed by atoms with E-state index in [4.69, 9.17) is 5.73 Å². The molecule has 0 bridgehead atoms. The summed E-state index contributed by atoms with van der Waals surface area (Å²) in [6.45, 7) is 1.99. The molecule has 0 aliphatic heterocycles. The molecule has 3 heterocycles. The second kappa shape index (κ2) is 3.55. The minimum atomic E-state index is 0.608. The smallest absolute Gasteiger partial charge is 0.139 e. The first-order valence-corrected chi connectivity index (χ1v) is 5.27. The fourth-order valence-electron chi connectivity index (χ4n) is 1.90. The summed E-state index contributed by atoms with van der Waals surface area (Å²) < 4.78 is 1.91. The Hall–Kier alpha value is -2.43. The summed E-state index contributed by atoms with van der Waals surface area (Å²) in [6, 6.07) is 7.68. The highest BCUT2D eigenvalue weighted by molar-refractivity contribution is 5.72. The molecule has 0 amide bonds. The molecule has 0 saturated heterocycles. The van der Waals surface area contributed by atoms with E-state index in [1.807, 2.05) is 29.5 Å². The second-order valence-electron chi connectivity index (χ2n) is 3.80. The third kappa shape index (κ3) is 1.44. The van der Waals surface area contributed by atoms with Crippen LogP contribution in [0.3, 0.4) is 0 Å². The van der Waals surface area contributed by atoms with Gasteiger partial charge in [0.25, 0.3) is 0 Å². The maximum absolute atomic E-state index is 6.11. The van der Waals surface area contributed by atoms with Crippen LogP contribution in [0.4, 0.5) is 5.82 Å². The predicted octanol–water partition coefficient (Wildman–Crippen LogP) is 1.68. The van der Waals surface area contributed by atoms with Crippen LogP contribution in [0.5, 0.6) is 0 Å². The Morgan fingerprint density at radius 1 is 1.24 bits per heavy atom. The molecule has 17 heavy (non-hydrogen) atoms. The van der Waals surface area contributed by atoms with Crippen molar-refractivity contribution in [2.24, 2.45) is 0 Å². The molecule has 0 spiro atoms. The van der Waals surface area contributed by atoms with Crippen LogP contribution < -0.4 is 5.73 Å². The van der Waals surface area contributed by atoms with E-state index in [2.05, 4.69) is 15.0 Å². The number of nitrogen functional groups attached to an aromatic ring is 1. The van der Waals surface area contributed by atoms with Crippen molar-refractivity contribution in [2.75, 3.05) is 5.73 Å². The van der Waals surface area contributed by atoms with Crippen LogP contribution in [0.15, 0.2) is 36.8 Å². The molecule has 3 aromatic heterocycles. The first-order chi connectivity index (χ1) is 8.27. The van der Waals surface area contributed by atoms with E-state index in [-0.39, 0.29) is 0 Å². The van der Waals surface area contributed by atoms with E-state index >= 15 is 0 Å². The standard InChI is InChI=1S/C12H11N5/c1-8-3-2-4-10-16-11(12(13)17(8)10)9-5-6-14-7-15-9/h2-7H,13H2,1H3. The molecular formula is C12H11N5. The van der Waals surface area contributed by atoms with Crippen LogP contribution in [0.2, 0.25) is 0 Å². The van der Waals surface area contributed by atoms with Gasteiger partial charge in [-0.3, -0.25) is 4.40 Å². The highest BCUT2D eigenvalue weighted by Crippen LogP contribution is 2.25. The summed E-state index contributed by atoms with van der Waals surface area (Å²) in [5.74, 6) is 0.608. The predicted molar refractivity (Wildman–Crippen MR) is 65.4 cm³/mol. The van der Waals surface area contributed by atoms with Crippen molar-refractivity contribution >= 4 is 11.5 Å². The van der Waals surface area contributed by atoms with Gasteiger partial charge >= 0.3 is 0 Å². The first-order valence-electron chi connectivity index (χ1n) is 5.27. The second-order valence-corrected chi connectivity index (χ2v) is 3.80. The average Bonchev–Trinajstić information content (AvgIpc) is 2.69. The van der Waals surface area contributed by atoms with Crippen molar-refractivity contribution < 1.29 is 0 Å². The van der Waals surface area contributed by atoms with E-state index in [1.54, 1.807) is 12.3 Å². The van der Waals surface area contributed by atoms with Crippen LogP contribution in [0, 0.1) is 6.92 Å². The summed E-state index contributed by atoms with van der Waals surface area (Å²) in [5, 5.41) is 0. The van der Waals surface area contributed by atoms with Gasteiger partial charge in [0.05, 0.1) is 5.69 Å². The number of hydrogen-bond acceptors (Lipinski definition) is 4. The fraction of sp³-hybridized carbons (Fsp3) is 0.0833. The number of anilines is 1. The summed E-state index contributed by atoms with van der Waals surface area (Å²) in [6.07, 6.45) is 3.17. The monoisotopic (exact) mass is 225 g/mol. The highest BCUT2D eigenvalue weighted by Gasteiger charge is 2.12. The lowest BCUT2D eigenvalue weighted by Crippen LogP contribution is -1.97. The number of aromatic nitrogens is 4. The Bertz CT molecular complexity index is 672. The molecule has 0 saturated carbocycles. The first kappa shape index (κ1) is 9.77. The topological polar surface area (TPSA) is 69.1 Å². The van der Waals surface area contributed by atoms with Crippen molar-refractivity contribution in [1.82, 2.24) is 19.4 Å². The van der Waals surface area contributed by atoms with Gasteiger partial charge in [-0.2, -0.15) is 0 Å². The Balaban J connectivity index is 2.33. The molecule has 5 nitrogen and oxygen atoms in total. The number of hydrogen-bond donors (Lipinski definition) is 1. The van der Waals surface area contributed by atoms with Crippen LogP contribution >= 0.6 is 0 Å². The van der Waals surface area contributed by atoms with E-state index < -0.39 is 0 Å². The lowest BCUT2D eigenvalue weighted by atomic mass is 10.3. The molecule has 0 unspecified atom stereocenters.